The number of ether oxygens (including phenoxy) is 1. The second-order valence-electron chi connectivity index (χ2n) is 15.6. The number of halogens is 1. The lowest BCUT2D eigenvalue weighted by atomic mass is 9.91. The molecule has 55 heavy (non-hydrogen) atoms. The van der Waals surface area contributed by atoms with Crippen molar-refractivity contribution in [3.63, 3.8) is 0 Å². The van der Waals surface area contributed by atoms with E-state index in [2.05, 4.69) is 20.0 Å². The molecule has 2 aliphatic heterocycles. The number of hydrogen-bond donors (Lipinski definition) is 2. The molecule has 1 saturated heterocycles. The molecule has 0 bridgehead atoms. The Morgan fingerprint density at radius 1 is 1.05 bits per heavy atom. The second kappa shape index (κ2) is 14.4. The van der Waals surface area contributed by atoms with Crippen LogP contribution in [0.1, 0.15) is 80.8 Å². The van der Waals surface area contributed by atoms with Crippen molar-refractivity contribution in [2.24, 2.45) is 11.3 Å². The molecule has 4 aliphatic rings. The highest BCUT2D eigenvalue weighted by molar-refractivity contribution is 7.91. The molecule has 2 saturated carbocycles. The lowest BCUT2D eigenvalue weighted by molar-refractivity contribution is -0.140. The van der Waals surface area contributed by atoms with Gasteiger partial charge in [0, 0.05) is 29.7 Å². The van der Waals surface area contributed by atoms with E-state index in [1.807, 2.05) is 36.4 Å². The average Bonchev–Trinajstić information content (AvgIpc) is 3.91. The van der Waals surface area contributed by atoms with Gasteiger partial charge < -0.3 is 15.0 Å². The van der Waals surface area contributed by atoms with Crippen LogP contribution in [0.2, 0.25) is 0 Å². The summed E-state index contributed by atoms with van der Waals surface area (Å²) in [6.45, 7) is 1.58. The van der Waals surface area contributed by atoms with Crippen LogP contribution in [0.25, 0.3) is 21.7 Å². The van der Waals surface area contributed by atoms with Crippen LogP contribution < -0.4 is 14.8 Å². The Labute approximate surface area is 322 Å². The van der Waals surface area contributed by atoms with E-state index in [0.29, 0.717) is 54.3 Å². The summed E-state index contributed by atoms with van der Waals surface area (Å²) in [5.74, 6) is -2.59. The number of rotatable bonds is 7. The Morgan fingerprint density at radius 2 is 1.85 bits per heavy atom. The van der Waals surface area contributed by atoms with Crippen molar-refractivity contribution in [2.75, 3.05) is 6.54 Å². The fourth-order valence-corrected chi connectivity index (χ4v) is 9.85. The normalized spacial score (nSPS) is 27.3. The van der Waals surface area contributed by atoms with Crippen LogP contribution in [0.5, 0.6) is 5.88 Å². The molecular formula is C40H42FN5O7S2. The third-order valence-corrected chi connectivity index (χ3v) is 14.7. The molecule has 0 unspecified atom stereocenters. The number of amides is 3. The van der Waals surface area contributed by atoms with Gasteiger partial charge in [0.1, 0.15) is 22.8 Å². The number of nitrogens with one attached hydrogen (secondary N) is 2. The van der Waals surface area contributed by atoms with Crippen LogP contribution in [0.15, 0.2) is 66.3 Å². The minimum atomic E-state index is -3.97. The molecule has 3 fully saturated rings. The van der Waals surface area contributed by atoms with E-state index in [0.717, 1.165) is 35.0 Å². The number of aromatic nitrogens is 2. The summed E-state index contributed by atoms with van der Waals surface area (Å²) in [6.07, 6.45) is 8.82. The van der Waals surface area contributed by atoms with E-state index in [1.165, 1.54) is 28.7 Å². The number of fused-ring (bicyclic) bond motifs is 5. The number of Topliss-reactive ketones (excluding diaryl/α,β-unsaturated/α-hetero) is 1. The first kappa shape index (κ1) is 37.2. The van der Waals surface area contributed by atoms with Gasteiger partial charge in [0.25, 0.3) is 5.91 Å². The van der Waals surface area contributed by atoms with Crippen LogP contribution in [0.4, 0.5) is 4.39 Å². The third-order valence-electron chi connectivity index (χ3n) is 11.7. The maximum atomic E-state index is 14.6. The Bertz CT molecular complexity index is 2330. The van der Waals surface area contributed by atoms with Gasteiger partial charge in [-0.25, -0.2) is 17.8 Å². The SMILES string of the molecule is CC1(S(=O)(=O)NC(=O)[C@]23CC(=O)[C@@H]4C[C@@H](Oc5nc6cc(F)ccc6c6ccccc56)CN4C(=O)[C@@H](NC(=O)c4cncs4)CCCCC/C=C\[C@@H]2C3)CC1. The van der Waals surface area contributed by atoms with E-state index >= 15 is 0 Å². The van der Waals surface area contributed by atoms with Crippen molar-refractivity contribution < 1.29 is 36.7 Å². The summed E-state index contributed by atoms with van der Waals surface area (Å²) in [4.78, 5) is 66.8. The van der Waals surface area contributed by atoms with E-state index in [-0.39, 0.29) is 31.2 Å². The Balaban J connectivity index is 1.13. The first-order chi connectivity index (χ1) is 26.4. The highest BCUT2D eigenvalue weighted by atomic mass is 32.2. The van der Waals surface area contributed by atoms with Crippen molar-refractivity contribution in [3.05, 3.63) is 77.0 Å². The summed E-state index contributed by atoms with van der Waals surface area (Å²) in [7, 11) is -3.97. The van der Waals surface area contributed by atoms with E-state index in [1.54, 1.807) is 13.0 Å². The molecule has 8 rings (SSSR count). The molecule has 288 valence electrons. The molecule has 4 heterocycles. The number of thiazole rings is 1. The fourth-order valence-electron chi connectivity index (χ4n) is 7.99. The Hall–Kier alpha value is -4.76. The summed E-state index contributed by atoms with van der Waals surface area (Å²) in [6, 6.07) is 9.79. The van der Waals surface area contributed by atoms with Crippen LogP contribution in [0, 0.1) is 17.2 Å². The standard InChI is InChI=1S/C40H42FN5O7S2/c1-39(15-16-39)55(51,52)45-38(50)40-19-24(40)9-5-3-2-4-6-12-30(43-35(48)34-21-42-23-54-34)37(49)46-22-26(18-32(46)33(47)20-40)53-36-29-11-8-7-10-27(29)28-14-13-25(41)17-31(28)44-36/h5,7-11,13-14,17,21,23-24,26,30,32H,2-4,6,12,15-16,18-20,22H2,1H3,(H,43,48)(H,45,50)/b9-5-/t24-,26-,30+,32+,40-/m1/s1. The summed E-state index contributed by atoms with van der Waals surface area (Å²) in [5.41, 5.74) is 0.624. The molecule has 12 nitrogen and oxygen atoms in total. The molecule has 2 N–H and O–H groups in total. The summed E-state index contributed by atoms with van der Waals surface area (Å²) >= 11 is 1.15. The van der Waals surface area contributed by atoms with Crippen LogP contribution in [0.3, 0.4) is 0 Å². The second-order valence-corrected chi connectivity index (χ2v) is 18.6. The largest absolute Gasteiger partial charge is 0.472 e. The molecule has 3 amide bonds. The number of carbonyl (C=O) groups is 4. The number of pyridine rings is 1. The average molecular weight is 788 g/mol. The Kier molecular flexibility index (Phi) is 9.73. The predicted molar refractivity (Wildman–Crippen MR) is 204 cm³/mol. The zero-order valence-corrected chi connectivity index (χ0v) is 32.0. The zero-order valence-electron chi connectivity index (χ0n) is 30.3. The molecule has 4 aromatic rings. The van der Waals surface area contributed by atoms with Crippen LogP contribution in [-0.4, -0.2) is 76.3 Å². The van der Waals surface area contributed by atoms with Crippen LogP contribution >= 0.6 is 11.3 Å². The topological polar surface area (TPSA) is 165 Å². The van der Waals surface area contributed by atoms with Gasteiger partial charge >= 0.3 is 0 Å². The van der Waals surface area contributed by atoms with Gasteiger partial charge in [-0.15, -0.1) is 11.3 Å². The van der Waals surface area contributed by atoms with E-state index in [4.69, 9.17) is 4.74 Å². The minimum Gasteiger partial charge on any atom is -0.472 e. The number of carbonyl (C=O) groups excluding carboxylic acids is 4. The van der Waals surface area contributed by atoms with Crippen molar-refractivity contribution in [3.8, 4) is 5.88 Å². The fraction of sp³-hybridized carbons (Fsp3) is 0.450. The monoisotopic (exact) mass is 787 g/mol. The maximum absolute atomic E-state index is 14.6. The number of allylic oxidation sites excluding steroid dienone is 2. The van der Waals surface area contributed by atoms with Gasteiger partial charge in [0.2, 0.25) is 27.7 Å². The van der Waals surface area contributed by atoms with Gasteiger partial charge in [-0.3, -0.25) is 28.9 Å². The number of ketones is 1. The van der Waals surface area contributed by atoms with Crippen molar-refractivity contribution in [1.82, 2.24) is 24.9 Å². The molecule has 5 atom stereocenters. The smallest absolute Gasteiger partial charge is 0.263 e. The summed E-state index contributed by atoms with van der Waals surface area (Å²) in [5, 5.41) is 5.10. The van der Waals surface area contributed by atoms with Gasteiger partial charge in [0.15, 0.2) is 5.78 Å². The molecule has 0 spiro atoms. The zero-order chi connectivity index (χ0) is 38.5. The number of nitrogens with zero attached hydrogens (tertiary/aromatic N) is 3. The molecule has 2 aliphatic carbocycles. The number of sulfonamides is 1. The highest BCUT2D eigenvalue weighted by Gasteiger charge is 2.62. The van der Waals surface area contributed by atoms with E-state index < -0.39 is 67.7 Å². The van der Waals surface area contributed by atoms with E-state index in [9.17, 15) is 32.0 Å². The maximum Gasteiger partial charge on any atom is 0.263 e. The first-order valence-corrected chi connectivity index (χ1v) is 21.1. The molecular weight excluding hydrogens is 746 g/mol. The van der Waals surface area contributed by atoms with Crippen molar-refractivity contribution in [1.29, 1.82) is 0 Å². The summed E-state index contributed by atoms with van der Waals surface area (Å²) < 4.78 is 48.6. The Morgan fingerprint density at radius 3 is 2.62 bits per heavy atom. The quantitative estimate of drug-likeness (QED) is 0.179. The lowest BCUT2D eigenvalue weighted by Crippen LogP contribution is -2.52. The molecule has 0 radical (unpaired) electrons. The van der Waals surface area contributed by atoms with Gasteiger partial charge in [0.05, 0.1) is 40.0 Å². The first-order valence-electron chi connectivity index (χ1n) is 18.8. The van der Waals surface area contributed by atoms with Crippen molar-refractivity contribution in [2.45, 2.75) is 94.1 Å². The number of hydrogen-bond acceptors (Lipinski definition) is 10. The number of benzene rings is 2. The third kappa shape index (κ3) is 7.23. The van der Waals surface area contributed by atoms with Gasteiger partial charge in [-0.1, -0.05) is 43.2 Å². The molecule has 15 heteroatoms. The van der Waals surface area contributed by atoms with Gasteiger partial charge in [-0.05, 0) is 75.0 Å². The molecule has 2 aromatic carbocycles. The predicted octanol–water partition coefficient (Wildman–Crippen LogP) is 5.61. The minimum absolute atomic E-state index is 0.0192. The highest BCUT2D eigenvalue weighted by Crippen LogP contribution is 2.57. The van der Waals surface area contributed by atoms with Crippen molar-refractivity contribution >= 4 is 66.5 Å². The van der Waals surface area contributed by atoms with Gasteiger partial charge in [-0.2, -0.15) is 0 Å². The lowest BCUT2D eigenvalue weighted by Gasteiger charge is -2.29. The van der Waals surface area contributed by atoms with Crippen LogP contribution in [-0.2, 0) is 24.4 Å². The molecule has 2 aromatic heterocycles.